The van der Waals surface area contributed by atoms with Gasteiger partial charge in [0, 0.05) is 10.9 Å². The molecule has 0 saturated heterocycles. The zero-order valence-corrected chi connectivity index (χ0v) is 16.5. The maximum atomic E-state index is 12.0. The molecule has 0 aliphatic rings. The normalized spacial score (nSPS) is 11.7. The third kappa shape index (κ3) is 5.89. The second-order valence-corrected chi connectivity index (χ2v) is 7.07. The largest absolute Gasteiger partial charge is 0.453 e. The van der Waals surface area contributed by atoms with Gasteiger partial charge in [-0.2, -0.15) is 0 Å². The number of nitrogens with one attached hydrogen (secondary N) is 1. The van der Waals surface area contributed by atoms with E-state index in [0.29, 0.717) is 11.6 Å². The van der Waals surface area contributed by atoms with Gasteiger partial charge in [-0.25, -0.2) is 9.78 Å². The molecule has 0 aliphatic carbocycles. The van der Waals surface area contributed by atoms with Crippen LogP contribution in [0.25, 0.3) is 10.6 Å². The number of rotatable bonds is 6. The zero-order chi connectivity index (χ0) is 20.0. The van der Waals surface area contributed by atoms with Crippen molar-refractivity contribution < 1.29 is 23.9 Å². The summed E-state index contributed by atoms with van der Waals surface area (Å²) in [6, 6.07) is 8.15. The van der Waals surface area contributed by atoms with Gasteiger partial charge < -0.3 is 9.47 Å². The highest BCUT2D eigenvalue weighted by atomic mass is 32.1. The molecule has 1 heterocycles. The van der Waals surface area contributed by atoms with Crippen LogP contribution in [0.4, 0.5) is 4.79 Å². The average Bonchev–Trinajstić information content (AvgIpc) is 3.09. The van der Waals surface area contributed by atoms with E-state index in [4.69, 9.17) is 4.74 Å². The van der Waals surface area contributed by atoms with Gasteiger partial charge in [0.2, 0.25) is 0 Å². The second kappa shape index (κ2) is 9.27. The first-order valence-corrected chi connectivity index (χ1v) is 9.31. The smallest absolute Gasteiger partial charge is 0.413 e. The highest BCUT2D eigenvalue weighted by molar-refractivity contribution is 7.13. The van der Waals surface area contributed by atoms with Gasteiger partial charge in [-0.15, -0.1) is 11.3 Å². The van der Waals surface area contributed by atoms with Crippen LogP contribution in [0.5, 0.6) is 0 Å². The first-order chi connectivity index (χ1) is 12.8. The molecule has 1 N–H and O–H groups in total. The van der Waals surface area contributed by atoms with Gasteiger partial charge in [-0.05, 0) is 18.4 Å². The molecule has 1 aromatic carbocycles. The number of ether oxygens (including phenoxy) is 2. The van der Waals surface area contributed by atoms with Crippen LogP contribution in [-0.4, -0.2) is 36.2 Å². The minimum absolute atomic E-state index is 0.0591. The molecule has 27 heavy (non-hydrogen) atoms. The lowest BCUT2D eigenvalue weighted by molar-refractivity contribution is -0.154. The molecule has 1 aromatic heterocycles. The first-order valence-electron chi connectivity index (χ1n) is 8.43. The third-order valence-electron chi connectivity index (χ3n) is 3.79. The third-order valence-corrected chi connectivity index (χ3v) is 4.73. The van der Waals surface area contributed by atoms with Crippen LogP contribution in [0.3, 0.4) is 0 Å². The van der Waals surface area contributed by atoms with E-state index in [9.17, 15) is 14.4 Å². The summed E-state index contributed by atoms with van der Waals surface area (Å²) in [5, 5.41) is 4.54. The number of nitrogens with zero attached hydrogens (tertiary/aromatic N) is 1. The molecular weight excluding hydrogens is 368 g/mol. The molecule has 0 aliphatic heterocycles. The van der Waals surface area contributed by atoms with Gasteiger partial charge in [-0.1, -0.05) is 38.1 Å². The van der Waals surface area contributed by atoms with Gasteiger partial charge in [0.15, 0.2) is 6.10 Å². The number of carbonyl (C=O) groups excluding carboxylic acids is 3. The summed E-state index contributed by atoms with van der Waals surface area (Å²) < 4.78 is 9.34. The van der Waals surface area contributed by atoms with Crippen LogP contribution in [0.15, 0.2) is 29.6 Å². The molecule has 0 fully saturated rings. The van der Waals surface area contributed by atoms with Gasteiger partial charge in [0.05, 0.1) is 19.2 Å². The quantitative estimate of drug-likeness (QED) is 0.761. The Morgan fingerprint density at radius 3 is 2.41 bits per heavy atom. The number of amides is 2. The number of esters is 1. The molecule has 2 aromatic rings. The number of carbonyl (C=O) groups is 3. The topological polar surface area (TPSA) is 94.6 Å². The number of aromatic nitrogens is 1. The molecule has 0 bridgehead atoms. The monoisotopic (exact) mass is 390 g/mol. The van der Waals surface area contributed by atoms with E-state index in [1.165, 1.54) is 23.8 Å². The molecule has 0 unspecified atom stereocenters. The standard InChI is InChI=1S/C19H22N2O5S/c1-11(2)13-5-7-14(8-6-13)18-20-15(10-27-18)9-16(22)26-12(3)17(23)21-19(24)25-4/h5-8,10-12H,9H2,1-4H3,(H,21,23,24)/t12-/m1/s1. The van der Waals surface area contributed by atoms with E-state index in [0.717, 1.165) is 17.7 Å². The lowest BCUT2D eigenvalue weighted by Crippen LogP contribution is -2.39. The molecule has 0 saturated carbocycles. The van der Waals surface area contributed by atoms with E-state index >= 15 is 0 Å². The number of alkyl carbamates (subject to hydrolysis) is 1. The fraction of sp³-hybridized carbons (Fsp3) is 0.368. The van der Waals surface area contributed by atoms with E-state index in [1.54, 1.807) is 5.38 Å². The van der Waals surface area contributed by atoms with Gasteiger partial charge in [0.25, 0.3) is 5.91 Å². The summed E-state index contributed by atoms with van der Waals surface area (Å²) >= 11 is 1.44. The van der Waals surface area contributed by atoms with Crippen LogP contribution < -0.4 is 5.32 Å². The van der Waals surface area contributed by atoms with Crippen molar-refractivity contribution in [2.75, 3.05) is 7.11 Å². The number of benzene rings is 1. The van der Waals surface area contributed by atoms with Gasteiger partial charge in [0.1, 0.15) is 5.01 Å². The van der Waals surface area contributed by atoms with Crippen molar-refractivity contribution in [1.82, 2.24) is 10.3 Å². The summed E-state index contributed by atoms with van der Waals surface area (Å²) in [7, 11) is 1.13. The SMILES string of the molecule is COC(=O)NC(=O)[C@@H](C)OC(=O)Cc1csc(-c2ccc(C(C)C)cc2)n1. The van der Waals surface area contributed by atoms with E-state index in [1.807, 2.05) is 17.4 Å². The molecule has 0 spiro atoms. The Morgan fingerprint density at radius 1 is 1.15 bits per heavy atom. The Hall–Kier alpha value is -2.74. The van der Waals surface area contributed by atoms with Gasteiger partial charge >= 0.3 is 12.1 Å². The van der Waals surface area contributed by atoms with Crippen LogP contribution in [0.1, 0.15) is 37.9 Å². The van der Waals surface area contributed by atoms with Crippen LogP contribution in [0.2, 0.25) is 0 Å². The Morgan fingerprint density at radius 2 is 1.81 bits per heavy atom. The number of hydrogen-bond acceptors (Lipinski definition) is 7. The first kappa shape index (κ1) is 20.6. The number of imide groups is 1. The predicted molar refractivity (Wildman–Crippen MR) is 101 cm³/mol. The van der Waals surface area contributed by atoms with Crippen molar-refractivity contribution in [3.8, 4) is 10.6 Å². The lowest BCUT2D eigenvalue weighted by Gasteiger charge is -2.11. The molecule has 7 nitrogen and oxygen atoms in total. The average molecular weight is 390 g/mol. The van der Waals surface area contributed by atoms with Crippen molar-refractivity contribution in [3.63, 3.8) is 0 Å². The summed E-state index contributed by atoms with van der Waals surface area (Å²) in [5.74, 6) is -0.895. The van der Waals surface area contributed by atoms with E-state index < -0.39 is 24.1 Å². The highest BCUT2D eigenvalue weighted by Crippen LogP contribution is 2.26. The number of hydrogen-bond donors (Lipinski definition) is 1. The van der Waals surface area contributed by atoms with Crippen LogP contribution in [-0.2, 0) is 25.5 Å². The molecule has 2 amide bonds. The summed E-state index contributed by atoms with van der Waals surface area (Å²) in [4.78, 5) is 39.1. The fourth-order valence-electron chi connectivity index (χ4n) is 2.22. The molecule has 2 rings (SSSR count). The Bertz CT molecular complexity index is 814. The molecule has 1 atom stereocenters. The highest BCUT2D eigenvalue weighted by Gasteiger charge is 2.21. The number of methoxy groups -OCH3 is 1. The Labute approximate surface area is 161 Å². The van der Waals surface area contributed by atoms with Crippen molar-refractivity contribution in [1.29, 1.82) is 0 Å². The maximum absolute atomic E-state index is 12.0. The Kier molecular flexibility index (Phi) is 7.06. The predicted octanol–water partition coefficient (Wildman–Crippen LogP) is 3.29. The zero-order valence-electron chi connectivity index (χ0n) is 15.6. The van der Waals surface area contributed by atoms with Crippen LogP contribution >= 0.6 is 11.3 Å². The van der Waals surface area contributed by atoms with Crippen molar-refractivity contribution >= 4 is 29.3 Å². The van der Waals surface area contributed by atoms with E-state index in [-0.39, 0.29) is 6.42 Å². The van der Waals surface area contributed by atoms with Gasteiger partial charge in [-0.3, -0.25) is 14.9 Å². The molecule has 8 heteroatoms. The molecule has 0 radical (unpaired) electrons. The van der Waals surface area contributed by atoms with Crippen molar-refractivity contribution in [2.45, 2.75) is 39.2 Å². The lowest BCUT2D eigenvalue weighted by atomic mass is 10.0. The molecular formula is C19H22N2O5S. The molecule has 144 valence electrons. The second-order valence-electron chi connectivity index (χ2n) is 6.21. The minimum atomic E-state index is -1.11. The van der Waals surface area contributed by atoms with Crippen LogP contribution in [0, 0.1) is 0 Å². The Balaban J connectivity index is 1.93. The summed E-state index contributed by atoms with van der Waals surface area (Å²) in [6.45, 7) is 5.64. The van der Waals surface area contributed by atoms with Crippen molar-refractivity contribution in [3.05, 3.63) is 40.9 Å². The van der Waals surface area contributed by atoms with E-state index in [2.05, 4.69) is 35.7 Å². The minimum Gasteiger partial charge on any atom is -0.453 e. The fourth-order valence-corrected chi connectivity index (χ4v) is 3.05. The number of thiazole rings is 1. The summed E-state index contributed by atoms with van der Waals surface area (Å²) in [6.07, 6.45) is -2.08. The van der Waals surface area contributed by atoms with Crippen molar-refractivity contribution in [2.24, 2.45) is 0 Å². The summed E-state index contributed by atoms with van der Waals surface area (Å²) in [5.41, 5.74) is 2.79. The maximum Gasteiger partial charge on any atom is 0.413 e.